The maximum Gasteiger partial charge on any atom is 0.316 e. The van der Waals surface area contributed by atoms with E-state index in [-0.39, 0.29) is 0 Å². The van der Waals surface area contributed by atoms with E-state index in [2.05, 4.69) is 44.5 Å². The number of hydrogen-bond acceptors (Lipinski definition) is 2. The Labute approximate surface area is 70.7 Å². The Balaban J connectivity index is 2.69. The van der Waals surface area contributed by atoms with Gasteiger partial charge in [-0.25, -0.2) is 0 Å². The van der Waals surface area contributed by atoms with Gasteiger partial charge in [-0.15, -0.1) is 0 Å². The first-order chi connectivity index (χ1) is 4.93. The molecule has 1 heterocycles. The van der Waals surface area contributed by atoms with Crippen molar-refractivity contribution in [1.29, 1.82) is 0 Å². The average molecular weight is 154 g/mol. The van der Waals surface area contributed by atoms with Crippen LogP contribution in [-0.2, 0) is 0 Å². The molecule has 3 heteroatoms. The van der Waals surface area contributed by atoms with Crippen molar-refractivity contribution in [3.05, 3.63) is 0 Å². The van der Waals surface area contributed by atoms with E-state index in [0.717, 1.165) is 0 Å². The zero-order valence-electron chi connectivity index (χ0n) is 8.39. The van der Waals surface area contributed by atoms with Gasteiger partial charge in [0, 0.05) is 13.1 Å². The van der Waals surface area contributed by atoms with Crippen molar-refractivity contribution in [2.45, 2.75) is 26.1 Å². The van der Waals surface area contributed by atoms with Gasteiger partial charge in [-0.05, 0) is 19.4 Å². The summed E-state index contributed by atoms with van der Waals surface area (Å²) in [4.78, 5) is 4.86. The van der Waals surface area contributed by atoms with Gasteiger partial charge in [0.2, 0.25) is 0 Å². The van der Waals surface area contributed by atoms with E-state index in [0.29, 0.717) is 12.3 Å². The van der Waals surface area contributed by atoms with Crippen LogP contribution in [0.3, 0.4) is 0 Å². The third-order valence-corrected chi connectivity index (χ3v) is 2.42. The Hall–Kier alpha value is -0.0151. The fourth-order valence-corrected chi connectivity index (χ4v) is 2.22. The molecule has 0 unspecified atom stereocenters. The van der Waals surface area contributed by atoms with Crippen LogP contribution in [0, 0.1) is 0 Å². The van der Waals surface area contributed by atoms with Gasteiger partial charge in [-0.3, -0.25) is 0 Å². The largest absolute Gasteiger partial charge is 0.329 e. The second-order valence-corrected chi connectivity index (χ2v) is 4.70. The first kappa shape index (κ1) is 9.08. The summed E-state index contributed by atoms with van der Waals surface area (Å²) >= 11 is 0. The minimum atomic E-state index is 0.375. The van der Waals surface area contributed by atoms with Crippen molar-refractivity contribution in [3.8, 4) is 0 Å². The molecule has 2 nitrogen and oxygen atoms in total. The molecule has 0 atom stereocenters. The van der Waals surface area contributed by atoms with Gasteiger partial charge >= 0.3 is 6.98 Å². The molecule has 0 aromatic heterocycles. The van der Waals surface area contributed by atoms with Crippen molar-refractivity contribution in [2.24, 2.45) is 0 Å². The van der Waals surface area contributed by atoms with E-state index in [1.165, 1.54) is 13.1 Å². The Bertz CT molecular complexity index is 132. The first-order valence-electron chi connectivity index (χ1n) is 4.33. The summed E-state index contributed by atoms with van der Waals surface area (Å²) in [5.41, 5.74) is 0. The lowest BCUT2D eigenvalue weighted by atomic mass is 9.52. The Morgan fingerprint density at radius 1 is 1.00 bits per heavy atom. The lowest BCUT2D eigenvalue weighted by molar-refractivity contribution is 0.533. The van der Waals surface area contributed by atoms with E-state index in [1.807, 2.05) is 0 Å². The summed E-state index contributed by atoms with van der Waals surface area (Å²) < 4.78 is 0. The zero-order chi connectivity index (χ0) is 8.65. The summed E-state index contributed by atoms with van der Waals surface area (Å²) in [6, 6.07) is 0. The highest BCUT2D eigenvalue weighted by Crippen LogP contribution is 2.31. The molecule has 1 rings (SSSR count). The third kappa shape index (κ3) is 1.77. The highest BCUT2D eigenvalue weighted by atomic mass is 15.3. The molecule has 0 aromatic rings. The van der Waals surface area contributed by atoms with Crippen LogP contribution < -0.4 is 0 Å². The fourth-order valence-electron chi connectivity index (χ4n) is 2.22. The first-order valence-corrected chi connectivity index (χ1v) is 4.33. The topological polar surface area (TPSA) is 6.48 Å². The molecule has 1 aliphatic rings. The van der Waals surface area contributed by atoms with Crippen LogP contribution in [-0.4, -0.2) is 43.8 Å². The normalized spacial score (nSPS) is 23.2. The minimum Gasteiger partial charge on any atom is -0.329 e. The van der Waals surface area contributed by atoms with Crippen molar-refractivity contribution < 1.29 is 0 Å². The van der Waals surface area contributed by atoms with Gasteiger partial charge in [-0.1, -0.05) is 20.8 Å². The predicted molar refractivity (Wildman–Crippen MR) is 50.7 cm³/mol. The van der Waals surface area contributed by atoms with Gasteiger partial charge in [0.1, 0.15) is 0 Å². The number of rotatable bonds is 0. The van der Waals surface area contributed by atoms with Crippen molar-refractivity contribution in [2.75, 3.05) is 27.2 Å². The van der Waals surface area contributed by atoms with E-state index in [9.17, 15) is 0 Å². The highest BCUT2D eigenvalue weighted by Gasteiger charge is 2.40. The molecule has 0 radical (unpaired) electrons. The van der Waals surface area contributed by atoms with Crippen LogP contribution in [0.15, 0.2) is 0 Å². The average Bonchev–Trinajstić information content (AvgIpc) is 2.08. The molecule has 1 saturated heterocycles. The smallest absolute Gasteiger partial charge is 0.316 e. The monoisotopic (exact) mass is 154 g/mol. The highest BCUT2D eigenvalue weighted by molar-refractivity contribution is 6.56. The molecule has 1 fully saturated rings. The molecule has 0 bridgehead atoms. The molecule has 11 heavy (non-hydrogen) atoms. The molecular formula is C8H19BN2. The Morgan fingerprint density at radius 2 is 1.36 bits per heavy atom. The van der Waals surface area contributed by atoms with Crippen LogP contribution >= 0.6 is 0 Å². The van der Waals surface area contributed by atoms with Gasteiger partial charge < -0.3 is 9.62 Å². The van der Waals surface area contributed by atoms with Crippen molar-refractivity contribution in [3.63, 3.8) is 0 Å². The molecule has 64 valence electrons. The van der Waals surface area contributed by atoms with Crippen LogP contribution in [0.4, 0.5) is 0 Å². The summed E-state index contributed by atoms with van der Waals surface area (Å²) in [5.74, 6) is 0. The summed E-state index contributed by atoms with van der Waals surface area (Å²) in [7, 11) is 4.42. The lowest BCUT2D eigenvalue weighted by Gasteiger charge is -2.32. The van der Waals surface area contributed by atoms with E-state index >= 15 is 0 Å². The van der Waals surface area contributed by atoms with E-state index < -0.39 is 0 Å². The predicted octanol–water partition coefficient (Wildman–Crippen LogP) is 1.15. The molecule has 0 amide bonds. The number of hydrogen-bond donors (Lipinski definition) is 0. The zero-order valence-corrected chi connectivity index (χ0v) is 8.39. The molecule has 0 spiro atoms. The van der Waals surface area contributed by atoms with Crippen LogP contribution in [0.2, 0.25) is 5.31 Å². The minimum absolute atomic E-state index is 0.375. The van der Waals surface area contributed by atoms with Crippen LogP contribution in [0.1, 0.15) is 20.8 Å². The SMILES string of the molecule is CN1CCN(C)B1C(C)(C)C. The summed E-state index contributed by atoms with van der Waals surface area (Å²) in [6.45, 7) is 9.93. The van der Waals surface area contributed by atoms with Crippen LogP contribution in [0.25, 0.3) is 0 Å². The van der Waals surface area contributed by atoms with Gasteiger partial charge in [-0.2, -0.15) is 0 Å². The third-order valence-electron chi connectivity index (χ3n) is 2.42. The summed E-state index contributed by atoms with van der Waals surface area (Å²) in [5, 5.41) is 0.375. The van der Waals surface area contributed by atoms with Crippen molar-refractivity contribution >= 4 is 6.98 Å². The van der Waals surface area contributed by atoms with Crippen molar-refractivity contribution in [1.82, 2.24) is 9.62 Å². The fraction of sp³-hybridized carbons (Fsp3) is 1.00. The number of nitrogens with zero attached hydrogens (tertiary/aromatic N) is 2. The second kappa shape index (κ2) is 2.79. The standard InChI is InChI=1S/C8H19BN2/c1-8(2,3)9-10(4)6-7-11(9)5/h6-7H2,1-5H3. The quantitative estimate of drug-likeness (QED) is 0.483. The molecule has 1 aliphatic heterocycles. The maximum atomic E-state index is 2.43. The van der Waals surface area contributed by atoms with Gasteiger partial charge in [0.25, 0.3) is 0 Å². The van der Waals surface area contributed by atoms with Gasteiger partial charge in [0.05, 0.1) is 0 Å². The Morgan fingerprint density at radius 3 is 1.55 bits per heavy atom. The number of likely N-dealkylation sites (N-methyl/N-ethyl adjacent to an activating group) is 2. The molecule has 0 N–H and O–H groups in total. The molecule has 0 saturated carbocycles. The molecule has 0 aliphatic carbocycles. The van der Waals surface area contributed by atoms with Gasteiger partial charge in [0.15, 0.2) is 0 Å². The maximum absolute atomic E-state index is 2.43. The Kier molecular flexibility index (Phi) is 2.31. The molecular weight excluding hydrogens is 135 g/mol. The summed E-state index contributed by atoms with van der Waals surface area (Å²) in [6.07, 6.45) is 0. The van der Waals surface area contributed by atoms with E-state index in [1.54, 1.807) is 0 Å². The van der Waals surface area contributed by atoms with Crippen LogP contribution in [0.5, 0.6) is 0 Å². The van der Waals surface area contributed by atoms with E-state index in [4.69, 9.17) is 0 Å². The molecule has 0 aromatic carbocycles. The second-order valence-electron chi connectivity index (χ2n) is 4.70. The lowest BCUT2D eigenvalue weighted by Crippen LogP contribution is -2.46.